The van der Waals surface area contributed by atoms with Gasteiger partial charge in [-0.1, -0.05) is 32.6 Å². The average molecular weight is 716 g/mol. The molecule has 11 nitrogen and oxygen atoms in total. The van der Waals surface area contributed by atoms with Crippen LogP contribution in [0.1, 0.15) is 81.7 Å². The quantitative estimate of drug-likeness (QED) is 0.381. The summed E-state index contributed by atoms with van der Waals surface area (Å²) in [6, 6.07) is 5.88. The predicted molar refractivity (Wildman–Crippen MR) is 187 cm³/mol. The number of unbranched alkanes of at least 4 members (excludes halogenated alkanes) is 1. The fourth-order valence-corrected chi connectivity index (χ4v) is 8.29. The van der Waals surface area contributed by atoms with Crippen molar-refractivity contribution in [2.45, 2.75) is 108 Å². The number of nitrogens with zero attached hydrogens (tertiary/aromatic N) is 5. The van der Waals surface area contributed by atoms with Crippen LogP contribution in [0.4, 0.5) is 0 Å². The standard InChI is InChI=1S/C33H50N6O5S.2ClH/c1-6-7-19-38-31(41)29(30(40)25-11-9-8-10-12-25)34-32(42)33(38)17-20-37(21-18-33)22-28-23(2)35-39(24(28)3)26-13-15-27(16-14-26)45(43,44)36(4)5;;/h13-16,25,29-30,40H,6-12,17-22H2,1-5H3,(H,34,42);2*1H/t29-,30-;;/m1../s1. The van der Waals surface area contributed by atoms with Gasteiger partial charge in [0.15, 0.2) is 0 Å². The third-order valence-electron chi connectivity index (χ3n) is 10.3. The Bertz CT molecular complexity index is 1490. The number of likely N-dealkylation sites (tertiary alicyclic amines) is 1. The van der Waals surface area contributed by atoms with Crippen LogP contribution in [-0.2, 0) is 26.2 Å². The van der Waals surface area contributed by atoms with E-state index in [1.165, 1.54) is 18.4 Å². The Labute approximate surface area is 292 Å². The lowest BCUT2D eigenvalue weighted by Crippen LogP contribution is -2.75. The van der Waals surface area contributed by atoms with E-state index in [2.05, 4.69) is 17.1 Å². The zero-order valence-corrected chi connectivity index (χ0v) is 30.7. The minimum atomic E-state index is -3.52. The van der Waals surface area contributed by atoms with E-state index in [-0.39, 0.29) is 47.4 Å². The number of aliphatic hydroxyl groups is 1. The van der Waals surface area contributed by atoms with Crippen LogP contribution in [-0.4, -0.2) is 101 Å². The van der Waals surface area contributed by atoms with Crippen molar-refractivity contribution < 1.29 is 23.1 Å². The number of nitrogens with one attached hydrogen (secondary N) is 1. The maximum Gasteiger partial charge on any atom is 0.248 e. The molecule has 1 aliphatic carbocycles. The summed E-state index contributed by atoms with van der Waals surface area (Å²) < 4.78 is 28.0. The van der Waals surface area contributed by atoms with Crippen molar-refractivity contribution >= 4 is 46.7 Å². The molecule has 0 unspecified atom stereocenters. The Balaban J connectivity index is 0.00000300. The smallest absolute Gasteiger partial charge is 0.248 e. The van der Waals surface area contributed by atoms with Gasteiger partial charge in [-0.25, -0.2) is 17.4 Å². The fourth-order valence-electron chi connectivity index (χ4n) is 7.39. The number of carbonyl (C=O) groups is 2. The van der Waals surface area contributed by atoms with E-state index < -0.39 is 27.7 Å². The number of benzene rings is 1. The zero-order chi connectivity index (χ0) is 32.5. The maximum atomic E-state index is 13.9. The molecule has 2 atom stereocenters. The highest BCUT2D eigenvalue weighted by atomic mass is 35.5. The first kappa shape index (κ1) is 39.2. The lowest BCUT2D eigenvalue weighted by molar-refractivity contribution is -0.166. The molecule has 2 saturated heterocycles. The summed E-state index contributed by atoms with van der Waals surface area (Å²) in [6.45, 7) is 8.57. The van der Waals surface area contributed by atoms with E-state index in [9.17, 15) is 23.1 Å². The molecule has 0 bridgehead atoms. The first-order valence-electron chi connectivity index (χ1n) is 16.5. The fraction of sp³-hybridized carbons (Fsp3) is 0.667. The highest BCUT2D eigenvalue weighted by molar-refractivity contribution is 7.89. The summed E-state index contributed by atoms with van der Waals surface area (Å²) in [7, 11) is -0.491. The number of aliphatic hydroxyl groups excluding tert-OH is 1. The molecule has 47 heavy (non-hydrogen) atoms. The molecule has 264 valence electrons. The highest BCUT2D eigenvalue weighted by Crippen LogP contribution is 2.37. The number of sulfonamides is 1. The van der Waals surface area contributed by atoms with Gasteiger partial charge in [0.05, 0.1) is 22.4 Å². The molecular formula is C33H52Cl2N6O5S. The Morgan fingerprint density at radius 2 is 1.66 bits per heavy atom. The molecule has 14 heteroatoms. The van der Waals surface area contributed by atoms with Crippen molar-refractivity contribution in [3.05, 3.63) is 41.2 Å². The summed E-state index contributed by atoms with van der Waals surface area (Å²) in [4.78, 5) is 32.2. The van der Waals surface area contributed by atoms with E-state index in [0.717, 1.165) is 67.6 Å². The van der Waals surface area contributed by atoms with Crippen LogP contribution in [0.5, 0.6) is 0 Å². The normalized spacial score (nSPS) is 21.3. The van der Waals surface area contributed by atoms with E-state index >= 15 is 0 Å². The predicted octanol–water partition coefficient (Wildman–Crippen LogP) is 3.99. The Morgan fingerprint density at radius 1 is 1.04 bits per heavy atom. The molecule has 1 aromatic carbocycles. The van der Waals surface area contributed by atoms with Crippen LogP contribution in [0.25, 0.3) is 5.69 Å². The number of aromatic nitrogens is 2. The maximum absolute atomic E-state index is 13.9. The highest BCUT2D eigenvalue weighted by Gasteiger charge is 2.55. The van der Waals surface area contributed by atoms with Gasteiger partial charge in [0.25, 0.3) is 0 Å². The first-order valence-corrected chi connectivity index (χ1v) is 18.0. The van der Waals surface area contributed by atoms with Crippen molar-refractivity contribution in [3.8, 4) is 5.69 Å². The molecule has 3 heterocycles. The van der Waals surface area contributed by atoms with Crippen molar-refractivity contribution in [1.29, 1.82) is 0 Å². The SMILES string of the molecule is CCCCN1C(=O)[C@@H]([C@H](O)C2CCCCC2)NC(=O)C12CCN(Cc1c(C)nn(-c3ccc(S(=O)(=O)N(C)C)cc3)c1C)CC2.Cl.Cl. The van der Waals surface area contributed by atoms with Gasteiger partial charge in [-0.2, -0.15) is 5.10 Å². The second-order valence-electron chi connectivity index (χ2n) is 13.3. The zero-order valence-electron chi connectivity index (χ0n) is 28.3. The molecule has 1 spiro atoms. The minimum Gasteiger partial charge on any atom is -0.390 e. The van der Waals surface area contributed by atoms with Gasteiger partial charge >= 0.3 is 0 Å². The number of rotatable bonds is 10. The molecule has 2 N–H and O–H groups in total. The van der Waals surface area contributed by atoms with Crippen LogP contribution in [0.2, 0.25) is 0 Å². The second-order valence-corrected chi connectivity index (χ2v) is 15.5. The van der Waals surface area contributed by atoms with Crippen LogP contribution < -0.4 is 5.32 Å². The number of piperazine rings is 1. The van der Waals surface area contributed by atoms with Gasteiger partial charge < -0.3 is 15.3 Å². The first-order chi connectivity index (χ1) is 21.4. The number of hydrogen-bond acceptors (Lipinski definition) is 7. The summed E-state index contributed by atoms with van der Waals surface area (Å²) in [5.41, 5.74) is 2.86. The van der Waals surface area contributed by atoms with Gasteiger partial charge in [-0.3, -0.25) is 14.5 Å². The Morgan fingerprint density at radius 3 is 2.23 bits per heavy atom. The van der Waals surface area contributed by atoms with Gasteiger partial charge in [-0.15, -0.1) is 24.8 Å². The van der Waals surface area contributed by atoms with E-state index in [1.54, 1.807) is 24.3 Å². The lowest BCUT2D eigenvalue weighted by Gasteiger charge is -2.52. The molecule has 3 aliphatic rings. The number of piperidine rings is 1. The molecule has 2 aromatic rings. The topological polar surface area (TPSA) is 128 Å². The average Bonchev–Trinajstić information content (AvgIpc) is 3.32. The summed E-state index contributed by atoms with van der Waals surface area (Å²) in [5, 5.41) is 19.0. The summed E-state index contributed by atoms with van der Waals surface area (Å²) in [6.07, 6.45) is 7.03. The van der Waals surface area contributed by atoms with Crippen LogP contribution in [0, 0.1) is 19.8 Å². The van der Waals surface area contributed by atoms with Crippen LogP contribution >= 0.6 is 24.8 Å². The lowest BCUT2D eigenvalue weighted by atomic mass is 9.78. The number of aryl methyl sites for hydroxylation is 1. The van der Waals surface area contributed by atoms with Crippen molar-refractivity contribution in [2.24, 2.45) is 5.92 Å². The molecule has 3 fully saturated rings. The molecular weight excluding hydrogens is 663 g/mol. The molecule has 1 saturated carbocycles. The van der Waals surface area contributed by atoms with Gasteiger partial charge in [0.2, 0.25) is 21.8 Å². The molecule has 0 radical (unpaired) electrons. The minimum absolute atomic E-state index is 0. The number of halogens is 2. The van der Waals surface area contributed by atoms with Crippen LogP contribution in [0.3, 0.4) is 0 Å². The van der Waals surface area contributed by atoms with E-state index in [4.69, 9.17) is 5.10 Å². The Hall–Kier alpha value is -2.22. The number of amides is 2. The van der Waals surface area contributed by atoms with E-state index in [1.807, 2.05) is 23.4 Å². The number of hydrogen-bond donors (Lipinski definition) is 2. The third kappa shape index (κ3) is 7.68. The van der Waals surface area contributed by atoms with Gasteiger partial charge in [-0.05, 0) is 76.1 Å². The van der Waals surface area contributed by atoms with E-state index in [0.29, 0.717) is 39.0 Å². The summed E-state index contributed by atoms with van der Waals surface area (Å²) in [5.74, 6) is -0.210. The Kier molecular flexibility index (Phi) is 13.3. The monoisotopic (exact) mass is 714 g/mol. The molecule has 2 amide bonds. The third-order valence-corrected chi connectivity index (χ3v) is 12.2. The summed E-state index contributed by atoms with van der Waals surface area (Å²) >= 11 is 0. The largest absolute Gasteiger partial charge is 0.390 e. The van der Waals surface area contributed by atoms with Gasteiger partial charge in [0.1, 0.15) is 11.6 Å². The van der Waals surface area contributed by atoms with Crippen LogP contribution in [0.15, 0.2) is 29.2 Å². The van der Waals surface area contributed by atoms with Crippen molar-refractivity contribution in [2.75, 3.05) is 33.7 Å². The molecule has 5 rings (SSSR count). The van der Waals surface area contributed by atoms with Gasteiger partial charge in [0, 0.05) is 51.5 Å². The van der Waals surface area contributed by atoms with Crippen molar-refractivity contribution in [3.63, 3.8) is 0 Å². The molecule has 1 aromatic heterocycles. The number of carbonyl (C=O) groups excluding carboxylic acids is 2. The second kappa shape index (κ2) is 16.0. The molecule has 2 aliphatic heterocycles. The van der Waals surface area contributed by atoms with Crippen molar-refractivity contribution in [1.82, 2.24) is 29.2 Å².